The zero-order chi connectivity index (χ0) is 16.8. The molecule has 0 radical (unpaired) electrons. The average Bonchev–Trinajstić information content (AvgIpc) is 2.57. The van der Waals surface area contributed by atoms with Gasteiger partial charge in [-0.15, -0.1) is 12.4 Å². The molecule has 3 heteroatoms. The van der Waals surface area contributed by atoms with Crippen molar-refractivity contribution in [1.82, 2.24) is 0 Å². The van der Waals surface area contributed by atoms with Crippen LogP contribution in [0.5, 0.6) is 0 Å². The monoisotopic (exact) mass is 363 g/mol. The Kier molecular flexibility index (Phi) is 28.0. The molecule has 0 fully saturated rings. The number of hydrogen-bond donors (Lipinski definition) is 1. The third-order valence-electron chi connectivity index (χ3n) is 4.64. The van der Waals surface area contributed by atoms with E-state index in [9.17, 15) is 0 Å². The van der Waals surface area contributed by atoms with Crippen molar-refractivity contribution in [1.29, 1.82) is 0 Å². The van der Waals surface area contributed by atoms with E-state index in [0.29, 0.717) is 0 Å². The zero-order valence-corrected chi connectivity index (χ0v) is 17.4. The first-order chi connectivity index (χ1) is 11.4. The van der Waals surface area contributed by atoms with Crippen LogP contribution in [0, 0.1) is 0 Å². The van der Waals surface area contributed by atoms with Gasteiger partial charge in [-0.1, -0.05) is 103 Å². The topological polar surface area (TPSA) is 35.2 Å². The normalized spacial score (nSPS) is 10.8. The first-order valence-corrected chi connectivity index (χ1v) is 10.7. The van der Waals surface area contributed by atoms with Gasteiger partial charge in [-0.05, 0) is 19.4 Å². The molecule has 0 atom stereocenters. The smallest absolute Gasteiger partial charge is 0.0478 e. The fourth-order valence-corrected chi connectivity index (χ4v) is 3.04. The van der Waals surface area contributed by atoms with Crippen LogP contribution in [0.25, 0.3) is 0 Å². The van der Waals surface area contributed by atoms with Crippen LogP contribution in [0.1, 0.15) is 116 Å². The van der Waals surface area contributed by atoms with Crippen LogP contribution in [-0.4, -0.2) is 19.8 Å². The van der Waals surface area contributed by atoms with Crippen LogP contribution in [0.4, 0.5) is 0 Å². The van der Waals surface area contributed by atoms with Gasteiger partial charge in [0.05, 0.1) is 0 Å². The van der Waals surface area contributed by atoms with Gasteiger partial charge in [0.1, 0.15) is 0 Å². The molecule has 0 aromatic rings. The molecule has 2 N–H and O–H groups in total. The lowest BCUT2D eigenvalue weighted by molar-refractivity contribution is 0.129. The summed E-state index contributed by atoms with van der Waals surface area (Å²) in [6.07, 6.45) is 23.8. The number of rotatable bonds is 20. The first kappa shape index (κ1) is 26.4. The highest BCUT2D eigenvalue weighted by molar-refractivity contribution is 5.85. The van der Waals surface area contributed by atoms with E-state index in [2.05, 4.69) is 6.92 Å². The number of ether oxygens (including phenoxy) is 1. The number of unbranched alkanes of at least 4 members (excludes halogenated alkanes) is 15. The second kappa shape index (κ2) is 25.5. The Labute approximate surface area is 159 Å². The van der Waals surface area contributed by atoms with E-state index in [1.807, 2.05) is 0 Å². The molecule has 0 saturated carbocycles. The molecule has 2 nitrogen and oxygen atoms in total. The molecule has 0 bridgehead atoms. The van der Waals surface area contributed by atoms with Crippen LogP contribution in [0.2, 0.25) is 0 Å². The van der Waals surface area contributed by atoms with Gasteiger partial charge in [0.25, 0.3) is 0 Å². The van der Waals surface area contributed by atoms with Gasteiger partial charge in [0.2, 0.25) is 0 Å². The van der Waals surface area contributed by atoms with E-state index in [1.54, 1.807) is 0 Å². The molecule has 0 amide bonds. The van der Waals surface area contributed by atoms with Gasteiger partial charge in [-0.2, -0.15) is 0 Å². The second-order valence-corrected chi connectivity index (χ2v) is 7.06. The van der Waals surface area contributed by atoms with Crippen molar-refractivity contribution in [3.05, 3.63) is 0 Å². The molecule has 0 unspecified atom stereocenters. The van der Waals surface area contributed by atoms with Gasteiger partial charge in [0, 0.05) is 13.2 Å². The lowest BCUT2D eigenvalue weighted by Gasteiger charge is -2.04. The maximum absolute atomic E-state index is 5.51. The summed E-state index contributed by atoms with van der Waals surface area (Å²) in [6, 6.07) is 0. The van der Waals surface area contributed by atoms with Crippen LogP contribution in [0.3, 0.4) is 0 Å². The van der Waals surface area contributed by atoms with Crippen LogP contribution < -0.4 is 5.73 Å². The van der Waals surface area contributed by atoms with E-state index >= 15 is 0 Å². The standard InChI is InChI=1S/C21H45NO.ClH/c1-2-3-4-5-6-7-8-9-10-11-12-13-14-15-16-17-20-23-21-18-19-22;/h2-22H2,1H3;1H. The van der Waals surface area contributed by atoms with Gasteiger partial charge < -0.3 is 10.5 Å². The largest absolute Gasteiger partial charge is 0.381 e. The maximum Gasteiger partial charge on any atom is 0.0478 e. The highest BCUT2D eigenvalue weighted by atomic mass is 35.5. The lowest BCUT2D eigenvalue weighted by Crippen LogP contribution is -2.04. The Balaban J connectivity index is 0. The molecule has 0 spiro atoms. The zero-order valence-electron chi connectivity index (χ0n) is 16.5. The van der Waals surface area contributed by atoms with Crippen molar-refractivity contribution in [2.75, 3.05) is 19.8 Å². The Morgan fingerprint density at radius 1 is 0.500 bits per heavy atom. The highest BCUT2D eigenvalue weighted by Gasteiger charge is 1.95. The molecular weight excluding hydrogens is 318 g/mol. The third kappa shape index (κ3) is 24.5. The summed E-state index contributed by atoms with van der Waals surface area (Å²) in [6.45, 7) is 4.81. The van der Waals surface area contributed by atoms with Crippen molar-refractivity contribution < 1.29 is 4.74 Å². The van der Waals surface area contributed by atoms with Crippen molar-refractivity contribution >= 4 is 12.4 Å². The Morgan fingerprint density at radius 2 is 0.833 bits per heavy atom. The van der Waals surface area contributed by atoms with Crippen molar-refractivity contribution in [2.24, 2.45) is 5.73 Å². The van der Waals surface area contributed by atoms with Gasteiger partial charge in [-0.3, -0.25) is 0 Å². The Bertz CT molecular complexity index is 182. The maximum atomic E-state index is 5.51. The van der Waals surface area contributed by atoms with E-state index < -0.39 is 0 Å². The van der Waals surface area contributed by atoms with Gasteiger partial charge >= 0.3 is 0 Å². The number of halogens is 1. The number of hydrogen-bond acceptors (Lipinski definition) is 2. The summed E-state index contributed by atoms with van der Waals surface area (Å²) in [5.74, 6) is 0. The summed E-state index contributed by atoms with van der Waals surface area (Å²) >= 11 is 0. The Hall–Kier alpha value is 0.210. The van der Waals surface area contributed by atoms with Crippen LogP contribution in [-0.2, 0) is 4.74 Å². The Morgan fingerprint density at radius 3 is 1.21 bits per heavy atom. The fraction of sp³-hybridized carbons (Fsp3) is 1.00. The lowest BCUT2D eigenvalue weighted by atomic mass is 10.0. The molecule has 0 saturated heterocycles. The molecule has 0 aromatic heterocycles. The summed E-state index contributed by atoms with van der Waals surface area (Å²) in [5, 5.41) is 0. The summed E-state index contributed by atoms with van der Waals surface area (Å²) < 4.78 is 5.51. The molecular formula is C21H46ClNO. The van der Waals surface area contributed by atoms with E-state index in [1.165, 1.54) is 103 Å². The van der Waals surface area contributed by atoms with E-state index in [4.69, 9.17) is 10.5 Å². The molecule has 0 heterocycles. The minimum Gasteiger partial charge on any atom is -0.381 e. The van der Waals surface area contributed by atoms with Gasteiger partial charge in [-0.25, -0.2) is 0 Å². The van der Waals surface area contributed by atoms with Crippen LogP contribution in [0.15, 0.2) is 0 Å². The van der Waals surface area contributed by atoms with E-state index in [0.717, 1.165) is 26.2 Å². The molecule has 0 aliphatic carbocycles. The summed E-state index contributed by atoms with van der Waals surface area (Å²) in [4.78, 5) is 0. The molecule has 0 aliphatic heterocycles. The predicted molar refractivity (Wildman–Crippen MR) is 111 cm³/mol. The van der Waals surface area contributed by atoms with Crippen LogP contribution >= 0.6 is 12.4 Å². The summed E-state index contributed by atoms with van der Waals surface area (Å²) in [5.41, 5.74) is 5.43. The predicted octanol–water partition coefficient (Wildman–Crippen LogP) is 7.04. The van der Waals surface area contributed by atoms with E-state index in [-0.39, 0.29) is 12.4 Å². The molecule has 0 aliphatic rings. The van der Waals surface area contributed by atoms with Crippen molar-refractivity contribution in [3.8, 4) is 0 Å². The molecule has 0 rings (SSSR count). The molecule has 24 heavy (non-hydrogen) atoms. The van der Waals surface area contributed by atoms with Crippen molar-refractivity contribution in [3.63, 3.8) is 0 Å². The highest BCUT2D eigenvalue weighted by Crippen LogP contribution is 2.13. The van der Waals surface area contributed by atoms with Gasteiger partial charge in [0.15, 0.2) is 0 Å². The first-order valence-electron chi connectivity index (χ1n) is 10.7. The molecule has 148 valence electrons. The average molecular weight is 364 g/mol. The third-order valence-corrected chi connectivity index (χ3v) is 4.64. The van der Waals surface area contributed by atoms with Crippen molar-refractivity contribution in [2.45, 2.75) is 116 Å². The minimum absolute atomic E-state index is 0. The fourth-order valence-electron chi connectivity index (χ4n) is 3.04. The second-order valence-electron chi connectivity index (χ2n) is 7.06. The minimum atomic E-state index is 0. The molecule has 0 aromatic carbocycles. The quantitative estimate of drug-likeness (QED) is 0.235. The SMILES string of the molecule is CCCCCCCCCCCCCCCCCCOCCCN.Cl. The number of nitrogens with two attached hydrogens (primary N) is 1. The summed E-state index contributed by atoms with van der Waals surface area (Å²) in [7, 11) is 0.